The largest absolute Gasteiger partial charge is 0.484 e. The molecule has 9 heteroatoms. The lowest BCUT2D eigenvalue weighted by Gasteiger charge is -2.17. The molecule has 7 nitrogen and oxygen atoms in total. The van der Waals surface area contributed by atoms with Crippen LogP contribution in [0.2, 0.25) is 10.0 Å². The lowest BCUT2D eigenvalue weighted by Crippen LogP contribution is -2.32. The molecule has 4 rings (SSSR count). The third kappa shape index (κ3) is 6.74. The third-order valence-corrected chi connectivity index (χ3v) is 6.03. The molecule has 1 atom stereocenters. The van der Waals surface area contributed by atoms with Gasteiger partial charge in [-0.15, -0.1) is 0 Å². The molecule has 3 amide bonds. The van der Waals surface area contributed by atoms with E-state index in [0.29, 0.717) is 40.3 Å². The van der Waals surface area contributed by atoms with Crippen LogP contribution in [0.25, 0.3) is 0 Å². The van der Waals surface area contributed by atoms with E-state index >= 15 is 0 Å². The van der Waals surface area contributed by atoms with Gasteiger partial charge in [-0.25, -0.2) is 0 Å². The Hall–Kier alpha value is -3.55. The quantitative estimate of drug-likeness (QED) is 0.459. The summed E-state index contributed by atoms with van der Waals surface area (Å²) in [7, 11) is 0. The fourth-order valence-electron chi connectivity index (χ4n) is 3.67. The molecule has 1 saturated heterocycles. The zero-order valence-corrected chi connectivity index (χ0v) is 20.2. The van der Waals surface area contributed by atoms with E-state index in [0.717, 1.165) is 5.56 Å². The van der Waals surface area contributed by atoms with E-state index < -0.39 is 5.92 Å². The fraction of sp³-hybridized carbons (Fsp3) is 0.192. The molecule has 1 aliphatic rings. The Morgan fingerprint density at radius 2 is 1.54 bits per heavy atom. The topological polar surface area (TPSA) is 87.7 Å². The Kier molecular flexibility index (Phi) is 7.90. The van der Waals surface area contributed by atoms with Crippen LogP contribution >= 0.6 is 23.2 Å². The van der Waals surface area contributed by atoms with Crippen LogP contribution in [0.5, 0.6) is 5.75 Å². The Balaban J connectivity index is 1.26. The number of carbonyl (C=O) groups is 3. The molecular formula is C26H23Cl2N3O4. The van der Waals surface area contributed by atoms with Crippen molar-refractivity contribution in [1.29, 1.82) is 0 Å². The molecule has 180 valence electrons. The summed E-state index contributed by atoms with van der Waals surface area (Å²) in [5, 5.41) is 6.82. The summed E-state index contributed by atoms with van der Waals surface area (Å²) in [5.74, 6) is -0.528. The van der Waals surface area contributed by atoms with E-state index in [4.69, 9.17) is 27.9 Å². The van der Waals surface area contributed by atoms with Crippen LogP contribution in [0.15, 0.2) is 72.8 Å². The molecule has 0 unspecified atom stereocenters. The van der Waals surface area contributed by atoms with Gasteiger partial charge in [0, 0.05) is 40.9 Å². The van der Waals surface area contributed by atoms with Crippen LogP contribution in [-0.2, 0) is 20.9 Å². The van der Waals surface area contributed by atoms with Crippen molar-refractivity contribution in [1.82, 2.24) is 5.32 Å². The van der Waals surface area contributed by atoms with Gasteiger partial charge in [0.2, 0.25) is 11.8 Å². The Morgan fingerprint density at radius 3 is 2.20 bits per heavy atom. The maximum Gasteiger partial charge on any atom is 0.262 e. The lowest BCUT2D eigenvalue weighted by atomic mass is 10.1. The van der Waals surface area contributed by atoms with Gasteiger partial charge in [-0.2, -0.15) is 0 Å². The maximum absolute atomic E-state index is 12.6. The number of rotatable bonds is 8. The van der Waals surface area contributed by atoms with Crippen molar-refractivity contribution < 1.29 is 19.1 Å². The Morgan fingerprint density at radius 1 is 0.914 bits per heavy atom. The molecule has 3 aromatic rings. The van der Waals surface area contributed by atoms with Crippen molar-refractivity contribution in [2.45, 2.75) is 13.0 Å². The van der Waals surface area contributed by atoms with Gasteiger partial charge in [0.05, 0.1) is 5.92 Å². The summed E-state index contributed by atoms with van der Waals surface area (Å²) in [5.41, 5.74) is 2.22. The highest BCUT2D eigenvalue weighted by Crippen LogP contribution is 2.27. The highest BCUT2D eigenvalue weighted by Gasteiger charge is 2.35. The normalized spacial score (nSPS) is 15.1. The average molecular weight is 512 g/mol. The van der Waals surface area contributed by atoms with Crippen LogP contribution < -0.4 is 20.3 Å². The zero-order valence-electron chi connectivity index (χ0n) is 18.7. The molecule has 0 radical (unpaired) electrons. The molecular weight excluding hydrogens is 489 g/mol. The van der Waals surface area contributed by atoms with Gasteiger partial charge in [0.1, 0.15) is 5.75 Å². The highest BCUT2D eigenvalue weighted by molar-refractivity contribution is 6.30. The molecule has 35 heavy (non-hydrogen) atoms. The second-order valence-corrected chi connectivity index (χ2v) is 8.96. The lowest BCUT2D eigenvalue weighted by molar-refractivity contribution is -0.126. The maximum atomic E-state index is 12.6. The van der Waals surface area contributed by atoms with E-state index in [1.165, 1.54) is 0 Å². The number of carbonyl (C=O) groups excluding carboxylic acids is 3. The standard InChI is InChI=1S/C26H23Cl2N3O4/c27-19-3-1-17(2-4-19)14-29-26(34)18-13-25(33)31(15-18)22-9-11-23(12-10-22)35-16-24(32)30-21-7-5-20(28)6-8-21/h1-12,18H,13-16H2,(H,29,34)(H,30,32)/t18-/m0/s1. The van der Waals surface area contributed by atoms with Crippen molar-refractivity contribution in [2.24, 2.45) is 5.92 Å². The van der Waals surface area contributed by atoms with Gasteiger partial charge >= 0.3 is 0 Å². The van der Waals surface area contributed by atoms with Crippen LogP contribution in [0.1, 0.15) is 12.0 Å². The monoisotopic (exact) mass is 511 g/mol. The second kappa shape index (κ2) is 11.3. The van der Waals surface area contributed by atoms with Crippen molar-refractivity contribution in [3.8, 4) is 5.75 Å². The first-order valence-corrected chi connectivity index (χ1v) is 11.7. The first-order chi connectivity index (χ1) is 16.9. The van der Waals surface area contributed by atoms with Crippen LogP contribution in [0.4, 0.5) is 11.4 Å². The van der Waals surface area contributed by atoms with E-state index in [9.17, 15) is 14.4 Å². The van der Waals surface area contributed by atoms with Crippen LogP contribution in [0, 0.1) is 5.92 Å². The molecule has 0 saturated carbocycles. The molecule has 0 spiro atoms. The highest BCUT2D eigenvalue weighted by atomic mass is 35.5. The number of benzene rings is 3. The van der Waals surface area contributed by atoms with Gasteiger partial charge in [-0.3, -0.25) is 14.4 Å². The molecule has 1 heterocycles. The van der Waals surface area contributed by atoms with Gasteiger partial charge in [0.25, 0.3) is 5.91 Å². The average Bonchev–Trinajstić information content (AvgIpc) is 3.25. The van der Waals surface area contributed by atoms with Crippen molar-refractivity contribution in [3.63, 3.8) is 0 Å². The SMILES string of the molecule is O=C(COc1ccc(N2C[C@@H](C(=O)NCc3ccc(Cl)cc3)CC2=O)cc1)Nc1ccc(Cl)cc1. The van der Waals surface area contributed by atoms with E-state index in [1.807, 2.05) is 12.1 Å². The van der Waals surface area contributed by atoms with Crippen LogP contribution in [-0.4, -0.2) is 30.9 Å². The Labute approximate surface area is 213 Å². The summed E-state index contributed by atoms with van der Waals surface area (Å²) in [6, 6.07) is 20.8. The number of anilines is 2. The summed E-state index contributed by atoms with van der Waals surface area (Å²) < 4.78 is 5.53. The minimum absolute atomic E-state index is 0.118. The summed E-state index contributed by atoms with van der Waals surface area (Å²) in [4.78, 5) is 38.8. The van der Waals surface area contributed by atoms with Crippen molar-refractivity contribution in [2.75, 3.05) is 23.4 Å². The van der Waals surface area contributed by atoms with Gasteiger partial charge in [-0.05, 0) is 66.2 Å². The van der Waals surface area contributed by atoms with Gasteiger partial charge in [0.15, 0.2) is 6.61 Å². The van der Waals surface area contributed by atoms with E-state index in [-0.39, 0.29) is 30.7 Å². The zero-order chi connectivity index (χ0) is 24.8. The minimum Gasteiger partial charge on any atom is -0.484 e. The van der Waals surface area contributed by atoms with E-state index in [2.05, 4.69) is 10.6 Å². The number of nitrogens with zero attached hydrogens (tertiary/aromatic N) is 1. The summed E-state index contributed by atoms with van der Waals surface area (Å²) in [6.45, 7) is 0.508. The number of amides is 3. The number of hydrogen-bond acceptors (Lipinski definition) is 4. The third-order valence-electron chi connectivity index (χ3n) is 5.52. The molecule has 2 N–H and O–H groups in total. The number of halogens is 2. The predicted molar refractivity (Wildman–Crippen MR) is 136 cm³/mol. The fourth-order valence-corrected chi connectivity index (χ4v) is 3.92. The predicted octanol–water partition coefficient (Wildman–Crippen LogP) is 4.68. The van der Waals surface area contributed by atoms with Crippen molar-refractivity contribution >= 4 is 52.3 Å². The molecule has 1 aliphatic heterocycles. The number of ether oxygens (including phenoxy) is 1. The van der Waals surface area contributed by atoms with Crippen LogP contribution in [0.3, 0.4) is 0 Å². The number of nitrogens with one attached hydrogen (secondary N) is 2. The first kappa shape index (κ1) is 24.6. The number of hydrogen-bond donors (Lipinski definition) is 2. The molecule has 1 fully saturated rings. The first-order valence-electron chi connectivity index (χ1n) is 11.0. The molecule has 3 aromatic carbocycles. The van der Waals surface area contributed by atoms with Gasteiger partial charge in [-0.1, -0.05) is 35.3 Å². The molecule has 0 bridgehead atoms. The minimum atomic E-state index is -0.428. The second-order valence-electron chi connectivity index (χ2n) is 8.09. The smallest absolute Gasteiger partial charge is 0.262 e. The summed E-state index contributed by atoms with van der Waals surface area (Å²) >= 11 is 11.7. The summed E-state index contributed by atoms with van der Waals surface area (Å²) in [6.07, 6.45) is 0.148. The van der Waals surface area contributed by atoms with Crippen molar-refractivity contribution in [3.05, 3.63) is 88.4 Å². The Bertz CT molecular complexity index is 1200. The molecule has 0 aromatic heterocycles. The molecule has 0 aliphatic carbocycles. The van der Waals surface area contributed by atoms with E-state index in [1.54, 1.807) is 65.6 Å². The van der Waals surface area contributed by atoms with Gasteiger partial charge < -0.3 is 20.3 Å².